The number of carboxylic acids is 2. The van der Waals surface area contributed by atoms with Crippen molar-refractivity contribution in [1.29, 1.82) is 0 Å². The SMILES string of the molecule is COc1cccc(C(=O)Nc2ccc(F)c(F)c2)c1[Se]SC(CC(=O)O)C(=O)O. The third-order valence-corrected chi connectivity index (χ3v) is 8.37. The van der Waals surface area contributed by atoms with Crippen molar-refractivity contribution < 1.29 is 38.1 Å². The van der Waals surface area contributed by atoms with Crippen molar-refractivity contribution in [3.8, 4) is 5.75 Å². The van der Waals surface area contributed by atoms with Crippen LogP contribution in [0.2, 0.25) is 0 Å². The minimum absolute atomic E-state index is 0.0390. The Balaban J connectivity index is 2.27. The number of hydrogen-bond acceptors (Lipinski definition) is 5. The summed E-state index contributed by atoms with van der Waals surface area (Å²) >= 11 is -0.689. The fraction of sp³-hybridized carbons (Fsp3) is 0.167. The molecule has 0 aromatic heterocycles. The van der Waals surface area contributed by atoms with E-state index in [1.807, 2.05) is 0 Å². The first kappa shape index (κ1) is 22.7. The van der Waals surface area contributed by atoms with E-state index in [0.717, 1.165) is 22.3 Å². The molecule has 2 aromatic rings. The molecule has 0 spiro atoms. The van der Waals surface area contributed by atoms with Gasteiger partial charge in [0, 0.05) is 0 Å². The Morgan fingerprint density at radius 3 is 2.48 bits per heavy atom. The van der Waals surface area contributed by atoms with Crippen LogP contribution in [0.1, 0.15) is 16.8 Å². The molecule has 0 saturated carbocycles. The number of amides is 1. The van der Waals surface area contributed by atoms with Crippen molar-refractivity contribution in [1.82, 2.24) is 0 Å². The second-order valence-corrected chi connectivity index (χ2v) is 9.57. The van der Waals surface area contributed by atoms with E-state index in [0.29, 0.717) is 10.2 Å². The molecule has 3 N–H and O–H groups in total. The Bertz CT molecular complexity index is 943. The molecule has 2 rings (SSSR count). The van der Waals surface area contributed by atoms with Crippen molar-refractivity contribution in [2.45, 2.75) is 11.7 Å². The summed E-state index contributed by atoms with van der Waals surface area (Å²) in [5.41, 5.74) is 0.193. The fourth-order valence-corrected chi connectivity index (χ4v) is 6.84. The van der Waals surface area contributed by atoms with Crippen LogP contribution in [0, 0.1) is 11.6 Å². The van der Waals surface area contributed by atoms with Crippen LogP contribution in [0.4, 0.5) is 14.5 Å². The van der Waals surface area contributed by atoms with Gasteiger partial charge in [0.2, 0.25) is 0 Å². The van der Waals surface area contributed by atoms with Gasteiger partial charge in [0.05, 0.1) is 0 Å². The summed E-state index contributed by atoms with van der Waals surface area (Å²) in [5, 5.41) is 19.3. The predicted octanol–water partition coefficient (Wildman–Crippen LogP) is 2.13. The monoisotopic (exact) mass is 491 g/mol. The molecule has 0 saturated heterocycles. The van der Waals surface area contributed by atoms with Crippen LogP contribution < -0.4 is 14.5 Å². The van der Waals surface area contributed by atoms with Crippen LogP contribution in [0.15, 0.2) is 36.4 Å². The van der Waals surface area contributed by atoms with Gasteiger partial charge < -0.3 is 0 Å². The molecule has 29 heavy (non-hydrogen) atoms. The van der Waals surface area contributed by atoms with Crippen LogP contribution in [0.5, 0.6) is 5.75 Å². The molecular formula is C18H15F2NO6SSe. The second kappa shape index (κ2) is 10.2. The molecule has 0 aliphatic carbocycles. The topological polar surface area (TPSA) is 113 Å². The third-order valence-electron chi connectivity index (χ3n) is 3.50. The zero-order valence-corrected chi connectivity index (χ0v) is 17.4. The number of aliphatic carboxylic acids is 2. The van der Waals surface area contributed by atoms with E-state index in [1.54, 1.807) is 12.1 Å². The van der Waals surface area contributed by atoms with Crippen LogP contribution in [-0.4, -0.2) is 54.3 Å². The third kappa shape index (κ3) is 6.18. The van der Waals surface area contributed by atoms with E-state index in [4.69, 9.17) is 9.84 Å². The number of ether oxygens (including phenoxy) is 1. The number of hydrogen-bond donors (Lipinski definition) is 3. The van der Waals surface area contributed by atoms with E-state index < -0.39 is 55.0 Å². The average Bonchev–Trinajstić information content (AvgIpc) is 2.67. The van der Waals surface area contributed by atoms with Crippen molar-refractivity contribution in [3.05, 3.63) is 53.6 Å². The van der Waals surface area contributed by atoms with Gasteiger partial charge in [-0.1, -0.05) is 0 Å². The number of halogens is 2. The summed E-state index contributed by atoms with van der Waals surface area (Å²) in [7, 11) is 2.27. The van der Waals surface area contributed by atoms with Gasteiger partial charge in [-0.25, -0.2) is 0 Å². The van der Waals surface area contributed by atoms with E-state index >= 15 is 0 Å². The van der Waals surface area contributed by atoms with Gasteiger partial charge in [-0.05, 0) is 0 Å². The molecular weight excluding hydrogens is 475 g/mol. The summed E-state index contributed by atoms with van der Waals surface area (Å²) in [4.78, 5) is 34.8. The molecule has 0 bridgehead atoms. The molecule has 11 heteroatoms. The van der Waals surface area contributed by atoms with Gasteiger partial charge in [-0.2, -0.15) is 0 Å². The van der Waals surface area contributed by atoms with E-state index in [1.165, 1.54) is 19.2 Å². The number of nitrogens with one attached hydrogen (secondary N) is 1. The van der Waals surface area contributed by atoms with Gasteiger partial charge in [0.25, 0.3) is 0 Å². The molecule has 154 valence electrons. The molecule has 1 unspecified atom stereocenters. The second-order valence-electron chi connectivity index (χ2n) is 5.52. The minimum atomic E-state index is -1.28. The van der Waals surface area contributed by atoms with Gasteiger partial charge in [0.1, 0.15) is 0 Å². The Kier molecular flexibility index (Phi) is 8.00. The summed E-state index contributed by atoms with van der Waals surface area (Å²) in [5.74, 6) is -5.00. The van der Waals surface area contributed by atoms with Gasteiger partial charge >= 0.3 is 174 Å². The molecule has 0 aliphatic rings. The standard InChI is InChI=1S/C18H15F2NO6SSe/c1-27-13-4-2-3-10(16(13)29-28-14(18(25)26)8-15(22)23)17(24)21-9-5-6-11(19)12(20)7-9/h2-7,14H,8H2,1H3,(H,21,24)(H,22,23)(H,25,26). The maximum absolute atomic E-state index is 13.4. The zero-order valence-electron chi connectivity index (χ0n) is 14.8. The van der Waals surface area contributed by atoms with Crippen molar-refractivity contribution in [2.75, 3.05) is 12.4 Å². The van der Waals surface area contributed by atoms with Gasteiger partial charge in [0.15, 0.2) is 0 Å². The number of carbonyl (C=O) groups excluding carboxylic acids is 1. The number of methoxy groups -OCH3 is 1. The van der Waals surface area contributed by atoms with Crippen molar-refractivity contribution in [2.24, 2.45) is 0 Å². The Hall–Kier alpha value is -2.62. The van der Waals surface area contributed by atoms with E-state index in [-0.39, 0.29) is 11.3 Å². The maximum atomic E-state index is 13.4. The summed E-state index contributed by atoms with van der Waals surface area (Å²) < 4.78 is 32.1. The normalized spacial score (nSPS) is 11.6. The Labute approximate surface area is 173 Å². The Morgan fingerprint density at radius 2 is 1.90 bits per heavy atom. The molecule has 1 amide bonds. The van der Waals surface area contributed by atoms with Crippen LogP contribution in [0.3, 0.4) is 0 Å². The first-order valence-electron chi connectivity index (χ1n) is 7.94. The van der Waals surface area contributed by atoms with Crippen LogP contribution in [-0.2, 0) is 9.59 Å². The van der Waals surface area contributed by atoms with Crippen LogP contribution >= 0.6 is 10.2 Å². The molecule has 0 radical (unpaired) electrons. The summed E-state index contributed by atoms with van der Waals surface area (Å²) in [6, 6.07) is 7.51. The fourth-order valence-electron chi connectivity index (χ4n) is 2.14. The quantitative estimate of drug-likeness (QED) is 0.462. The number of carbonyl (C=O) groups is 3. The molecule has 2 aromatic carbocycles. The first-order valence-corrected chi connectivity index (χ1v) is 11.7. The molecule has 0 aliphatic heterocycles. The average molecular weight is 490 g/mol. The Morgan fingerprint density at radius 1 is 1.17 bits per heavy atom. The zero-order chi connectivity index (χ0) is 21.6. The molecule has 0 heterocycles. The predicted molar refractivity (Wildman–Crippen MR) is 104 cm³/mol. The number of rotatable bonds is 9. The van der Waals surface area contributed by atoms with Gasteiger partial charge in [-0.15, -0.1) is 0 Å². The van der Waals surface area contributed by atoms with Crippen molar-refractivity contribution in [3.63, 3.8) is 0 Å². The molecule has 7 nitrogen and oxygen atoms in total. The number of anilines is 1. The van der Waals surface area contributed by atoms with E-state index in [2.05, 4.69) is 5.32 Å². The van der Waals surface area contributed by atoms with Gasteiger partial charge in [-0.3, -0.25) is 0 Å². The number of benzene rings is 2. The summed E-state index contributed by atoms with van der Waals surface area (Å²) in [6.07, 6.45) is -0.576. The van der Waals surface area contributed by atoms with Crippen LogP contribution in [0.25, 0.3) is 0 Å². The summed E-state index contributed by atoms with van der Waals surface area (Å²) in [6.45, 7) is 0. The molecule has 1 atom stereocenters. The van der Waals surface area contributed by atoms with E-state index in [9.17, 15) is 28.3 Å². The van der Waals surface area contributed by atoms with Crippen molar-refractivity contribution >= 4 is 52.0 Å². The molecule has 0 fully saturated rings. The number of carboxylic acid groups (broad SMARTS) is 2. The first-order chi connectivity index (χ1) is 13.7.